The second-order valence-corrected chi connectivity index (χ2v) is 5.63. The van der Waals surface area contributed by atoms with Gasteiger partial charge in [0.1, 0.15) is 6.04 Å². The highest BCUT2D eigenvalue weighted by Crippen LogP contribution is 2.49. The number of benzene rings is 1. The molecule has 25 heavy (non-hydrogen) atoms. The highest BCUT2D eigenvalue weighted by atomic mass is 16.7. The van der Waals surface area contributed by atoms with Crippen molar-refractivity contribution in [3.8, 4) is 23.0 Å². The number of nitrogens with zero attached hydrogens (tertiary/aromatic N) is 1. The minimum atomic E-state index is -0.985. The summed E-state index contributed by atoms with van der Waals surface area (Å²) in [4.78, 5) is 24.9. The Morgan fingerprint density at radius 2 is 2.04 bits per heavy atom. The lowest BCUT2D eigenvalue weighted by atomic mass is 10.1. The van der Waals surface area contributed by atoms with Gasteiger partial charge in [-0.15, -0.1) is 0 Å². The molecule has 134 valence electrons. The topological polar surface area (TPSA) is 94.5 Å². The zero-order valence-corrected chi connectivity index (χ0v) is 14.0. The summed E-state index contributed by atoms with van der Waals surface area (Å²) in [6.45, 7) is 0.490. The van der Waals surface area contributed by atoms with Crippen LogP contribution in [0.1, 0.15) is 18.4 Å². The van der Waals surface area contributed by atoms with Crippen LogP contribution in [0.15, 0.2) is 12.1 Å². The van der Waals surface area contributed by atoms with Crippen LogP contribution < -0.4 is 18.9 Å². The van der Waals surface area contributed by atoms with Gasteiger partial charge in [0.25, 0.3) is 0 Å². The van der Waals surface area contributed by atoms with Crippen LogP contribution in [0.5, 0.6) is 23.0 Å². The number of hydrogen-bond acceptors (Lipinski definition) is 6. The van der Waals surface area contributed by atoms with E-state index in [0.717, 1.165) is 0 Å². The molecule has 3 rings (SSSR count). The number of carboxylic acids is 1. The van der Waals surface area contributed by atoms with Gasteiger partial charge in [-0.1, -0.05) is 0 Å². The Kier molecular flexibility index (Phi) is 4.69. The van der Waals surface area contributed by atoms with Gasteiger partial charge in [-0.05, 0) is 25.0 Å². The second kappa shape index (κ2) is 6.92. The number of carbonyl (C=O) groups is 2. The summed E-state index contributed by atoms with van der Waals surface area (Å²) in [7, 11) is 2.99. The molecule has 8 heteroatoms. The fourth-order valence-electron chi connectivity index (χ4n) is 3.06. The van der Waals surface area contributed by atoms with E-state index in [0.29, 0.717) is 47.9 Å². The largest absolute Gasteiger partial charge is 0.493 e. The smallest absolute Gasteiger partial charge is 0.326 e. The Hall–Kier alpha value is -2.90. The van der Waals surface area contributed by atoms with Crippen LogP contribution in [-0.2, 0) is 9.59 Å². The molecule has 1 aromatic rings. The molecular formula is C17H19NO7. The van der Waals surface area contributed by atoms with Crippen LogP contribution in [0.4, 0.5) is 0 Å². The molecule has 0 aliphatic carbocycles. The first-order valence-electron chi connectivity index (χ1n) is 7.83. The molecule has 1 amide bonds. The van der Waals surface area contributed by atoms with Gasteiger partial charge >= 0.3 is 5.97 Å². The molecule has 8 nitrogen and oxygen atoms in total. The molecule has 2 aliphatic heterocycles. The maximum absolute atomic E-state index is 12.4. The Morgan fingerprint density at radius 1 is 1.28 bits per heavy atom. The summed E-state index contributed by atoms with van der Waals surface area (Å²) < 4.78 is 21.5. The van der Waals surface area contributed by atoms with Crippen molar-refractivity contribution in [2.24, 2.45) is 0 Å². The zero-order chi connectivity index (χ0) is 18.0. The molecule has 0 bridgehead atoms. The minimum Gasteiger partial charge on any atom is -0.493 e. The van der Waals surface area contributed by atoms with Crippen LogP contribution in [0, 0.1) is 0 Å². The predicted molar refractivity (Wildman–Crippen MR) is 87.1 cm³/mol. The molecule has 1 aromatic carbocycles. The first-order chi connectivity index (χ1) is 12.1. The highest BCUT2D eigenvalue weighted by molar-refractivity contribution is 5.95. The standard InChI is InChI=1S/C17H19NO7/c1-22-12-8-10(14(23-2)16-15(12)24-9-25-16)5-6-13(19)18-7-3-4-11(18)17(20)21/h5-6,8,11H,3-4,7,9H2,1-2H3,(H,20,21)/b6-5+. The van der Waals surface area contributed by atoms with Gasteiger partial charge in [0.2, 0.25) is 24.2 Å². The monoisotopic (exact) mass is 349 g/mol. The van der Waals surface area contributed by atoms with Gasteiger partial charge in [0.05, 0.1) is 14.2 Å². The van der Waals surface area contributed by atoms with Gasteiger partial charge in [0.15, 0.2) is 11.5 Å². The van der Waals surface area contributed by atoms with Gasteiger partial charge in [-0.3, -0.25) is 4.79 Å². The van der Waals surface area contributed by atoms with Crippen molar-refractivity contribution < 1.29 is 33.6 Å². The van der Waals surface area contributed by atoms with E-state index in [1.165, 1.54) is 25.2 Å². The number of methoxy groups -OCH3 is 2. The summed E-state index contributed by atoms with van der Waals surface area (Å²) in [6.07, 6.45) is 4.04. The summed E-state index contributed by atoms with van der Waals surface area (Å²) in [6, 6.07) is 0.903. The minimum absolute atomic E-state index is 0.0578. The fourth-order valence-corrected chi connectivity index (χ4v) is 3.06. The number of aliphatic carboxylic acids is 1. The van der Waals surface area contributed by atoms with Gasteiger partial charge in [0, 0.05) is 18.2 Å². The zero-order valence-electron chi connectivity index (χ0n) is 14.0. The number of hydrogen-bond donors (Lipinski definition) is 1. The fraction of sp³-hybridized carbons (Fsp3) is 0.412. The average molecular weight is 349 g/mol. The summed E-state index contributed by atoms with van der Waals surface area (Å²) in [5.74, 6) is 0.413. The third kappa shape index (κ3) is 3.07. The van der Waals surface area contributed by atoms with Gasteiger partial charge in [-0.25, -0.2) is 4.79 Å². The number of rotatable bonds is 5. The maximum Gasteiger partial charge on any atom is 0.326 e. The second-order valence-electron chi connectivity index (χ2n) is 5.63. The van der Waals surface area contributed by atoms with E-state index < -0.39 is 12.0 Å². The van der Waals surface area contributed by atoms with Crippen molar-refractivity contribution in [3.63, 3.8) is 0 Å². The summed E-state index contributed by atoms with van der Waals surface area (Å²) in [5, 5.41) is 9.19. The molecule has 2 heterocycles. The van der Waals surface area contributed by atoms with Crippen molar-refractivity contribution >= 4 is 18.0 Å². The van der Waals surface area contributed by atoms with Crippen molar-refractivity contribution in [2.45, 2.75) is 18.9 Å². The summed E-state index contributed by atoms with van der Waals surface area (Å²) in [5.41, 5.74) is 0.572. The van der Waals surface area contributed by atoms with Crippen molar-refractivity contribution in [2.75, 3.05) is 27.6 Å². The number of fused-ring (bicyclic) bond motifs is 1. The molecule has 0 radical (unpaired) electrons. The van der Waals surface area contributed by atoms with Crippen LogP contribution in [-0.4, -0.2) is 55.5 Å². The summed E-state index contributed by atoms with van der Waals surface area (Å²) >= 11 is 0. The van der Waals surface area contributed by atoms with E-state index in [2.05, 4.69) is 0 Å². The SMILES string of the molecule is COc1cc(/C=C/C(=O)N2CCCC2C(=O)O)c(OC)c2c1OCO2. The third-order valence-electron chi connectivity index (χ3n) is 4.24. The molecule has 1 unspecified atom stereocenters. The van der Waals surface area contributed by atoms with Crippen molar-refractivity contribution in [1.29, 1.82) is 0 Å². The Morgan fingerprint density at radius 3 is 2.72 bits per heavy atom. The molecular weight excluding hydrogens is 330 g/mol. The van der Waals surface area contributed by atoms with Crippen LogP contribution in [0.3, 0.4) is 0 Å². The Bertz CT molecular complexity index is 728. The van der Waals surface area contributed by atoms with E-state index in [1.807, 2.05) is 0 Å². The molecule has 2 aliphatic rings. The van der Waals surface area contributed by atoms with E-state index in [4.69, 9.17) is 18.9 Å². The number of carbonyl (C=O) groups excluding carboxylic acids is 1. The van der Waals surface area contributed by atoms with Crippen LogP contribution in [0.25, 0.3) is 6.08 Å². The lowest BCUT2D eigenvalue weighted by molar-refractivity contribution is -0.146. The molecule has 1 saturated heterocycles. The van der Waals surface area contributed by atoms with E-state index >= 15 is 0 Å². The average Bonchev–Trinajstić information content (AvgIpc) is 3.27. The Balaban J connectivity index is 1.88. The van der Waals surface area contributed by atoms with Crippen molar-refractivity contribution in [3.05, 3.63) is 17.7 Å². The first kappa shape index (κ1) is 16.9. The molecule has 1 fully saturated rings. The molecule has 0 aromatic heterocycles. The highest BCUT2D eigenvalue weighted by Gasteiger charge is 2.33. The number of amides is 1. The first-order valence-corrected chi connectivity index (χ1v) is 7.83. The molecule has 1 atom stereocenters. The normalized spacial score (nSPS) is 18.6. The predicted octanol–water partition coefficient (Wildman–Crippen LogP) is 1.52. The Labute approximate surface area is 144 Å². The van der Waals surface area contributed by atoms with Crippen LogP contribution >= 0.6 is 0 Å². The number of ether oxygens (including phenoxy) is 4. The lowest BCUT2D eigenvalue weighted by Crippen LogP contribution is -2.39. The van der Waals surface area contributed by atoms with Gasteiger partial charge < -0.3 is 29.0 Å². The van der Waals surface area contributed by atoms with Gasteiger partial charge in [-0.2, -0.15) is 0 Å². The molecule has 0 saturated carbocycles. The third-order valence-corrected chi connectivity index (χ3v) is 4.24. The maximum atomic E-state index is 12.4. The van der Waals surface area contributed by atoms with E-state index in [-0.39, 0.29) is 12.7 Å². The molecule has 0 spiro atoms. The van der Waals surface area contributed by atoms with E-state index in [1.54, 1.807) is 12.1 Å². The molecule has 1 N–H and O–H groups in total. The number of carboxylic acid groups (broad SMARTS) is 1. The van der Waals surface area contributed by atoms with E-state index in [9.17, 15) is 14.7 Å². The quantitative estimate of drug-likeness (QED) is 0.805. The van der Waals surface area contributed by atoms with Crippen LogP contribution in [0.2, 0.25) is 0 Å². The van der Waals surface area contributed by atoms with Crippen molar-refractivity contribution in [1.82, 2.24) is 4.90 Å². The lowest BCUT2D eigenvalue weighted by Gasteiger charge is -2.19. The number of likely N-dealkylation sites (tertiary alicyclic amines) is 1.